The lowest BCUT2D eigenvalue weighted by molar-refractivity contribution is 0.763. The van der Waals surface area contributed by atoms with Gasteiger partial charge < -0.3 is 5.32 Å². The Bertz CT molecular complexity index is 526. The third-order valence-corrected chi connectivity index (χ3v) is 4.75. The molecule has 0 unspecified atom stereocenters. The predicted octanol–water partition coefficient (Wildman–Crippen LogP) is 5.50. The van der Waals surface area contributed by atoms with Crippen LogP contribution in [0.15, 0.2) is 46.9 Å². The lowest BCUT2D eigenvalue weighted by Gasteiger charge is -2.10. The van der Waals surface area contributed by atoms with Crippen LogP contribution in [0.3, 0.4) is 0 Å². The maximum atomic E-state index is 3.60. The molecule has 0 saturated heterocycles. The zero-order valence-electron chi connectivity index (χ0n) is 12.2. The van der Waals surface area contributed by atoms with Crippen molar-refractivity contribution in [1.82, 2.24) is 0 Å². The van der Waals surface area contributed by atoms with Crippen LogP contribution in [0.1, 0.15) is 29.5 Å². The van der Waals surface area contributed by atoms with E-state index in [1.165, 1.54) is 46.1 Å². The van der Waals surface area contributed by atoms with Gasteiger partial charge in [0, 0.05) is 16.7 Å². The minimum atomic E-state index is 1.04. The number of hydrogen-bond donors (Lipinski definition) is 1. The molecule has 2 rings (SSSR count). The Hall–Kier alpha value is -1.28. The fourth-order valence-electron chi connectivity index (χ4n) is 2.38. The highest BCUT2D eigenvalue weighted by Gasteiger charge is 2.01. The molecule has 1 N–H and O–H groups in total. The maximum absolute atomic E-state index is 3.60. The number of benzene rings is 2. The molecule has 0 fully saturated rings. The first kappa shape index (κ1) is 15.1. The van der Waals surface area contributed by atoms with Gasteiger partial charge >= 0.3 is 0 Å². The Balaban J connectivity index is 1.74. The van der Waals surface area contributed by atoms with E-state index in [2.05, 4.69) is 77.6 Å². The van der Waals surface area contributed by atoms with E-state index in [9.17, 15) is 0 Å². The van der Waals surface area contributed by atoms with Crippen LogP contribution in [-0.4, -0.2) is 6.54 Å². The zero-order valence-corrected chi connectivity index (χ0v) is 13.8. The fourth-order valence-corrected chi connectivity index (χ4v) is 2.61. The molecule has 2 aromatic rings. The largest absolute Gasteiger partial charge is 0.385 e. The minimum absolute atomic E-state index is 1.04. The second-order valence-corrected chi connectivity index (χ2v) is 6.09. The second kappa shape index (κ2) is 7.49. The van der Waals surface area contributed by atoms with Crippen molar-refractivity contribution in [3.8, 4) is 0 Å². The average molecular weight is 332 g/mol. The number of rotatable bonds is 6. The molecule has 20 heavy (non-hydrogen) atoms. The van der Waals surface area contributed by atoms with Crippen LogP contribution < -0.4 is 5.32 Å². The Morgan fingerprint density at radius 2 is 1.60 bits per heavy atom. The van der Waals surface area contributed by atoms with Crippen LogP contribution in [0.2, 0.25) is 0 Å². The van der Waals surface area contributed by atoms with Crippen molar-refractivity contribution in [2.24, 2.45) is 0 Å². The van der Waals surface area contributed by atoms with Gasteiger partial charge in [0.15, 0.2) is 0 Å². The zero-order chi connectivity index (χ0) is 14.4. The molecule has 0 amide bonds. The van der Waals surface area contributed by atoms with Crippen molar-refractivity contribution < 1.29 is 0 Å². The molecule has 0 radical (unpaired) electrons. The lowest BCUT2D eigenvalue weighted by Crippen LogP contribution is -2.03. The normalized spacial score (nSPS) is 10.6. The monoisotopic (exact) mass is 331 g/mol. The molecule has 0 aliphatic carbocycles. The number of unbranched alkanes of at least 4 members (excludes halogenated alkanes) is 1. The van der Waals surface area contributed by atoms with Gasteiger partial charge in [0.25, 0.3) is 0 Å². The topological polar surface area (TPSA) is 12.0 Å². The van der Waals surface area contributed by atoms with Crippen LogP contribution in [0, 0.1) is 13.8 Å². The highest BCUT2D eigenvalue weighted by atomic mass is 79.9. The smallest absolute Gasteiger partial charge is 0.0346 e. The van der Waals surface area contributed by atoms with Crippen LogP contribution in [0.4, 0.5) is 5.69 Å². The van der Waals surface area contributed by atoms with E-state index < -0.39 is 0 Å². The SMILES string of the molecule is Cc1cc(NCCCCc2ccccc2)cc(C)c1Br. The quantitative estimate of drug-likeness (QED) is 0.689. The van der Waals surface area contributed by atoms with Crippen molar-refractivity contribution in [3.05, 3.63) is 63.6 Å². The molecule has 0 saturated carbocycles. The summed E-state index contributed by atoms with van der Waals surface area (Å²) in [5.74, 6) is 0. The molecule has 0 spiro atoms. The second-order valence-electron chi connectivity index (χ2n) is 5.29. The van der Waals surface area contributed by atoms with Crippen LogP contribution in [-0.2, 0) is 6.42 Å². The first-order valence-electron chi connectivity index (χ1n) is 7.21. The Morgan fingerprint density at radius 1 is 0.950 bits per heavy atom. The summed E-state index contributed by atoms with van der Waals surface area (Å²) >= 11 is 3.60. The van der Waals surface area contributed by atoms with E-state index in [0.29, 0.717) is 0 Å². The molecule has 0 atom stereocenters. The summed E-state index contributed by atoms with van der Waals surface area (Å²) in [6.45, 7) is 5.31. The minimum Gasteiger partial charge on any atom is -0.385 e. The number of nitrogens with one attached hydrogen (secondary N) is 1. The van der Waals surface area contributed by atoms with Crippen molar-refractivity contribution in [2.45, 2.75) is 33.1 Å². The number of anilines is 1. The van der Waals surface area contributed by atoms with Gasteiger partial charge in [-0.2, -0.15) is 0 Å². The van der Waals surface area contributed by atoms with E-state index >= 15 is 0 Å². The van der Waals surface area contributed by atoms with Gasteiger partial charge in [-0.25, -0.2) is 0 Å². The summed E-state index contributed by atoms with van der Waals surface area (Å²) in [5, 5.41) is 3.52. The summed E-state index contributed by atoms with van der Waals surface area (Å²) < 4.78 is 1.21. The molecule has 2 heteroatoms. The Kier molecular flexibility index (Phi) is 5.66. The predicted molar refractivity (Wildman–Crippen MR) is 91.5 cm³/mol. The van der Waals surface area contributed by atoms with Gasteiger partial charge in [-0.05, 0) is 61.9 Å². The summed E-state index contributed by atoms with van der Waals surface area (Å²) in [4.78, 5) is 0. The number of halogens is 1. The van der Waals surface area contributed by atoms with E-state index in [1.54, 1.807) is 0 Å². The van der Waals surface area contributed by atoms with Gasteiger partial charge in [0.2, 0.25) is 0 Å². The van der Waals surface area contributed by atoms with Gasteiger partial charge in [-0.1, -0.05) is 46.3 Å². The van der Waals surface area contributed by atoms with Gasteiger partial charge in [-0.15, -0.1) is 0 Å². The summed E-state index contributed by atoms with van der Waals surface area (Å²) in [6, 6.07) is 15.1. The van der Waals surface area contributed by atoms with E-state index in [4.69, 9.17) is 0 Å². The van der Waals surface area contributed by atoms with E-state index in [0.717, 1.165) is 6.54 Å². The average Bonchev–Trinajstić information content (AvgIpc) is 2.45. The van der Waals surface area contributed by atoms with Crippen molar-refractivity contribution in [2.75, 3.05) is 11.9 Å². The molecule has 0 bridgehead atoms. The third-order valence-electron chi connectivity index (χ3n) is 3.50. The number of hydrogen-bond acceptors (Lipinski definition) is 1. The highest BCUT2D eigenvalue weighted by molar-refractivity contribution is 9.10. The molecule has 0 aromatic heterocycles. The third kappa shape index (κ3) is 4.38. The summed E-state index contributed by atoms with van der Waals surface area (Å²) in [7, 11) is 0. The molecular weight excluding hydrogens is 310 g/mol. The Morgan fingerprint density at radius 3 is 2.25 bits per heavy atom. The maximum Gasteiger partial charge on any atom is 0.0346 e. The van der Waals surface area contributed by atoms with Gasteiger partial charge in [-0.3, -0.25) is 0 Å². The molecule has 0 aliphatic heterocycles. The summed E-state index contributed by atoms with van der Waals surface area (Å²) in [6.07, 6.45) is 3.59. The van der Waals surface area contributed by atoms with Crippen LogP contribution in [0.5, 0.6) is 0 Å². The first-order valence-corrected chi connectivity index (χ1v) is 8.00. The molecule has 106 valence electrons. The first-order chi connectivity index (χ1) is 9.66. The summed E-state index contributed by atoms with van der Waals surface area (Å²) in [5.41, 5.74) is 5.24. The van der Waals surface area contributed by atoms with Gasteiger partial charge in [0.1, 0.15) is 0 Å². The fraction of sp³-hybridized carbons (Fsp3) is 0.333. The standard InChI is InChI=1S/C18H22BrN/c1-14-12-17(13-15(2)18(14)19)20-11-7-6-10-16-8-4-3-5-9-16/h3-5,8-9,12-13,20H,6-7,10-11H2,1-2H3. The van der Waals surface area contributed by atoms with Gasteiger partial charge in [0.05, 0.1) is 0 Å². The van der Waals surface area contributed by atoms with E-state index in [-0.39, 0.29) is 0 Å². The molecule has 0 aliphatic rings. The molecule has 1 nitrogen and oxygen atoms in total. The van der Waals surface area contributed by atoms with Crippen molar-refractivity contribution in [3.63, 3.8) is 0 Å². The lowest BCUT2D eigenvalue weighted by atomic mass is 10.1. The van der Waals surface area contributed by atoms with Crippen LogP contribution >= 0.6 is 15.9 Å². The van der Waals surface area contributed by atoms with Crippen molar-refractivity contribution >= 4 is 21.6 Å². The highest BCUT2D eigenvalue weighted by Crippen LogP contribution is 2.24. The molecule has 2 aromatic carbocycles. The Labute approximate surface area is 130 Å². The molecular formula is C18H22BrN. The molecule has 0 heterocycles. The van der Waals surface area contributed by atoms with Crippen LogP contribution in [0.25, 0.3) is 0 Å². The van der Waals surface area contributed by atoms with E-state index in [1.807, 2.05) is 0 Å². The van der Waals surface area contributed by atoms with Crippen molar-refractivity contribution in [1.29, 1.82) is 0 Å². The number of aryl methyl sites for hydroxylation is 3.